The number of para-hydroxylation sites is 2. The number of rotatable bonds is 4. The van der Waals surface area contributed by atoms with E-state index in [0.29, 0.717) is 0 Å². The first-order valence-corrected chi connectivity index (χ1v) is 10.6. The third kappa shape index (κ3) is 2.87. The first-order chi connectivity index (χ1) is 15.8. The Morgan fingerprint density at radius 3 is 2.38 bits per heavy atom. The molecule has 0 fully saturated rings. The lowest BCUT2D eigenvalue weighted by molar-refractivity contribution is 0.669. The van der Waals surface area contributed by atoms with Crippen LogP contribution in [-0.2, 0) is 0 Å². The minimum Gasteiger partial charge on any atom is -0.456 e. The summed E-state index contributed by atoms with van der Waals surface area (Å²) in [6, 6.07) is 28.8. The molecule has 0 unspecified atom stereocenters. The van der Waals surface area contributed by atoms with Gasteiger partial charge in [0.1, 0.15) is 17.0 Å². The Hall–Kier alpha value is -4.37. The highest BCUT2D eigenvalue weighted by Gasteiger charge is 2.15. The van der Waals surface area contributed by atoms with Gasteiger partial charge in [-0.3, -0.25) is 4.57 Å². The molecule has 0 aliphatic heterocycles. The van der Waals surface area contributed by atoms with E-state index in [1.165, 1.54) is 5.39 Å². The number of nitrogens with zero attached hydrogens (tertiary/aromatic N) is 2. The Morgan fingerprint density at radius 1 is 0.750 bits per heavy atom. The van der Waals surface area contributed by atoms with Gasteiger partial charge in [-0.1, -0.05) is 67.3 Å². The summed E-state index contributed by atoms with van der Waals surface area (Å²) in [4.78, 5) is 4.58. The maximum atomic E-state index is 5.97. The Labute approximate surface area is 185 Å². The number of fused-ring (bicyclic) bond motifs is 4. The van der Waals surface area contributed by atoms with Crippen molar-refractivity contribution in [3.05, 3.63) is 115 Å². The van der Waals surface area contributed by atoms with Crippen molar-refractivity contribution in [3.8, 4) is 5.82 Å². The van der Waals surface area contributed by atoms with Gasteiger partial charge >= 0.3 is 0 Å². The summed E-state index contributed by atoms with van der Waals surface area (Å²) in [7, 11) is 0. The van der Waals surface area contributed by atoms with Crippen LogP contribution in [-0.4, -0.2) is 9.55 Å². The molecule has 0 N–H and O–H groups in total. The van der Waals surface area contributed by atoms with Gasteiger partial charge < -0.3 is 4.42 Å². The van der Waals surface area contributed by atoms with Gasteiger partial charge in [-0.2, -0.15) is 0 Å². The van der Waals surface area contributed by atoms with E-state index in [1.807, 2.05) is 54.7 Å². The highest BCUT2D eigenvalue weighted by Crippen LogP contribution is 2.33. The van der Waals surface area contributed by atoms with Gasteiger partial charge in [0, 0.05) is 27.9 Å². The molecule has 3 heteroatoms. The van der Waals surface area contributed by atoms with Crippen molar-refractivity contribution in [3.63, 3.8) is 0 Å². The highest BCUT2D eigenvalue weighted by atomic mass is 16.3. The number of hydrogen-bond donors (Lipinski definition) is 0. The molecule has 0 saturated carbocycles. The van der Waals surface area contributed by atoms with Crippen LogP contribution in [0.3, 0.4) is 0 Å². The second-order valence-corrected chi connectivity index (χ2v) is 7.73. The number of hydrogen-bond acceptors (Lipinski definition) is 2. The van der Waals surface area contributed by atoms with Gasteiger partial charge in [0.15, 0.2) is 0 Å². The third-order valence-electron chi connectivity index (χ3n) is 5.87. The molecule has 3 heterocycles. The Morgan fingerprint density at radius 2 is 1.53 bits per heavy atom. The molecule has 0 spiro atoms. The maximum Gasteiger partial charge on any atom is 0.137 e. The SMILES string of the molecule is C=Cc1c(/C=C/c2ccc3oc4ccccc4c3c2)c2ccccc2n1-c1ccccn1. The number of pyridine rings is 1. The minimum atomic E-state index is 0.879. The molecule has 0 aliphatic carbocycles. The topological polar surface area (TPSA) is 31.0 Å². The van der Waals surface area contributed by atoms with Crippen LogP contribution >= 0.6 is 0 Å². The summed E-state index contributed by atoms with van der Waals surface area (Å²) >= 11 is 0. The fourth-order valence-electron chi connectivity index (χ4n) is 4.42. The Kier molecular flexibility index (Phi) is 4.25. The molecule has 0 bridgehead atoms. The zero-order valence-electron chi connectivity index (χ0n) is 17.4. The number of benzene rings is 3. The van der Waals surface area contributed by atoms with Gasteiger partial charge in [-0.05, 0) is 48.0 Å². The van der Waals surface area contributed by atoms with E-state index in [0.717, 1.165) is 50.1 Å². The second kappa shape index (κ2) is 7.40. The second-order valence-electron chi connectivity index (χ2n) is 7.73. The van der Waals surface area contributed by atoms with Crippen molar-refractivity contribution in [2.75, 3.05) is 0 Å². The Bertz CT molecular complexity index is 1630. The molecule has 3 aromatic heterocycles. The van der Waals surface area contributed by atoms with Crippen LogP contribution in [0.5, 0.6) is 0 Å². The average molecular weight is 412 g/mol. The fourth-order valence-corrected chi connectivity index (χ4v) is 4.42. The molecule has 0 amide bonds. The zero-order chi connectivity index (χ0) is 21.5. The monoisotopic (exact) mass is 412 g/mol. The van der Waals surface area contributed by atoms with Crippen molar-refractivity contribution in [1.82, 2.24) is 9.55 Å². The summed E-state index contributed by atoms with van der Waals surface area (Å²) in [5.74, 6) is 0.879. The van der Waals surface area contributed by atoms with Crippen molar-refractivity contribution < 1.29 is 4.42 Å². The predicted molar refractivity (Wildman–Crippen MR) is 134 cm³/mol. The molecule has 3 aromatic carbocycles. The minimum absolute atomic E-state index is 0.879. The largest absolute Gasteiger partial charge is 0.456 e. The van der Waals surface area contributed by atoms with Gasteiger partial charge in [0.25, 0.3) is 0 Å². The summed E-state index contributed by atoms with van der Waals surface area (Å²) < 4.78 is 8.13. The molecule has 0 saturated heterocycles. The molecule has 0 atom stereocenters. The third-order valence-corrected chi connectivity index (χ3v) is 5.87. The van der Waals surface area contributed by atoms with E-state index in [9.17, 15) is 0 Å². The van der Waals surface area contributed by atoms with E-state index in [2.05, 4.69) is 70.7 Å². The maximum absolute atomic E-state index is 5.97. The van der Waals surface area contributed by atoms with E-state index < -0.39 is 0 Å². The highest BCUT2D eigenvalue weighted by molar-refractivity contribution is 6.06. The lowest BCUT2D eigenvalue weighted by atomic mass is 10.1. The molecular weight excluding hydrogens is 392 g/mol. The van der Waals surface area contributed by atoms with Crippen molar-refractivity contribution in [2.24, 2.45) is 0 Å². The number of furan rings is 1. The molecule has 6 rings (SSSR count). The van der Waals surface area contributed by atoms with Crippen molar-refractivity contribution >= 4 is 51.1 Å². The fraction of sp³-hybridized carbons (Fsp3) is 0. The van der Waals surface area contributed by atoms with Gasteiger partial charge in [0.05, 0.1) is 11.2 Å². The lowest BCUT2D eigenvalue weighted by Crippen LogP contribution is -1.99. The van der Waals surface area contributed by atoms with Crippen LogP contribution in [0.1, 0.15) is 16.8 Å². The first-order valence-electron chi connectivity index (χ1n) is 10.6. The van der Waals surface area contributed by atoms with Gasteiger partial charge in [-0.25, -0.2) is 4.98 Å². The first kappa shape index (κ1) is 18.4. The summed E-state index contributed by atoms with van der Waals surface area (Å²) in [5, 5.41) is 3.43. The molecule has 6 aromatic rings. The summed E-state index contributed by atoms with van der Waals surface area (Å²) in [5.41, 5.74) is 6.19. The smallest absolute Gasteiger partial charge is 0.137 e. The molecule has 3 nitrogen and oxygen atoms in total. The van der Waals surface area contributed by atoms with Crippen molar-refractivity contribution in [1.29, 1.82) is 0 Å². The van der Waals surface area contributed by atoms with E-state index in [-0.39, 0.29) is 0 Å². The standard InChI is InChI=1S/C29H20N2O/c1-2-25-22(21-9-3-5-11-26(21)31(25)29-13-7-8-18-30-29)16-14-20-15-17-28-24(19-20)23-10-4-6-12-27(23)32-28/h2-19H,1H2/b16-14+. The van der Waals surface area contributed by atoms with E-state index >= 15 is 0 Å². The average Bonchev–Trinajstić information content (AvgIpc) is 3.38. The van der Waals surface area contributed by atoms with Crippen LogP contribution in [0.4, 0.5) is 0 Å². The molecule has 152 valence electrons. The molecule has 32 heavy (non-hydrogen) atoms. The van der Waals surface area contributed by atoms with Crippen LogP contribution < -0.4 is 0 Å². The molecular formula is C29H20N2O. The van der Waals surface area contributed by atoms with E-state index in [1.54, 1.807) is 0 Å². The van der Waals surface area contributed by atoms with Gasteiger partial charge in [0.2, 0.25) is 0 Å². The van der Waals surface area contributed by atoms with Crippen LogP contribution in [0.25, 0.3) is 56.9 Å². The predicted octanol–water partition coefficient (Wildman–Crippen LogP) is 7.74. The zero-order valence-corrected chi connectivity index (χ0v) is 17.4. The Balaban J connectivity index is 1.52. The molecule has 0 aliphatic rings. The van der Waals surface area contributed by atoms with Gasteiger partial charge in [-0.15, -0.1) is 0 Å². The normalized spacial score (nSPS) is 11.8. The van der Waals surface area contributed by atoms with Crippen molar-refractivity contribution in [2.45, 2.75) is 0 Å². The van der Waals surface area contributed by atoms with E-state index in [4.69, 9.17) is 4.42 Å². The van der Waals surface area contributed by atoms with Crippen LogP contribution in [0, 0.1) is 0 Å². The number of aromatic nitrogens is 2. The van der Waals surface area contributed by atoms with Crippen LogP contribution in [0.2, 0.25) is 0 Å². The van der Waals surface area contributed by atoms with Crippen LogP contribution in [0.15, 0.2) is 102 Å². The summed E-state index contributed by atoms with van der Waals surface area (Å²) in [6.07, 6.45) is 8.04. The quantitative estimate of drug-likeness (QED) is 0.296. The summed E-state index contributed by atoms with van der Waals surface area (Å²) in [6.45, 7) is 4.10. The molecule has 0 radical (unpaired) electrons. The lowest BCUT2D eigenvalue weighted by Gasteiger charge is -2.07.